The van der Waals surface area contributed by atoms with Crippen molar-refractivity contribution in [2.45, 2.75) is 94.7 Å². The lowest BCUT2D eigenvalue weighted by molar-refractivity contribution is -0.116. The number of hydrogen-bond donors (Lipinski definition) is 1. The minimum Gasteiger partial charge on any atom is -0.376 e. The quantitative estimate of drug-likeness (QED) is 0.232. The zero-order chi connectivity index (χ0) is 36.7. The van der Waals surface area contributed by atoms with Gasteiger partial charge in [-0.05, 0) is 116 Å². The second kappa shape index (κ2) is 17.9. The number of hydrogen-bond acceptors (Lipinski definition) is 8. The van der Waals surface area contributed by atoms with E-state index in [4.69, 9.17) is 0 Å². The van der Waals surface area contributed by atoms with Gasteiger partial charge in [0.05, 0.1) is 28.3 Å². The van der Waals surface area contributed by atoms with Gasteiger partial charge in [-0.1, -0.05) is 12.2 Å². The van der Waals surface area contributed by atoms with E-state index in [1.54, 1.807) is 6.92 Å². The van der Waals surface area contributed by atoms with Crippen LogP contribution in [0.25, 0.3) is 0 Å². The molecule has 0 fully saturated rings. The van der Waals surface area contributed by atoms with Crippen LogP contribution in [0.5, 0.6) is 0 Å². The van der Waals surface area contributed by atoms with Crippen molar-refractivity contribution in [2.24, 2.45) is 0 Å². The number of thioether (sulfide) groups is 2. The highest BCUT2D eigenvalue weighted by Crippen LogP contribution is 2.46. The average molecular weight is 729 g/mol. The molecule has 4 unspecified atom stereocenters. The second-order valence-corrected chi connectivity index (χ2v) is 15.6. The molecule has 4 aliphatic rings. The van der Waals surface area contributed by atoms with Crippen molar-refractivity contribution in [1.82, 2.24) is 9.80 Å². The van der Waals surface area contributed by atoms with Gasteiger partial charge in [0.1, 0.15) is 0 Å². The van der Waals surface area contributed by atoms with E-state index in [2.05, 4.69) is 153 Å². The van der Waals surface area contributed by atoms with Gasteiger partial charge in [0.2, 0.25) is 5.91 Å². The van der Waals surface area contributed by atoms with Crippen LogP contribution in [0.15, 0.2) is 94.0 Å². The maximum atomic E-state index is 12.5. The lowest BCUT2D eigenvalue weighted by Gasteiger charge is -2.42. The summed E-state index contributed by atoms with van der Waals surface area (Å²) in [6, 6.07) is 13.8. The molecule has 2 aliphatic heterocycles. The van der Waals surface area contributed by atoms with Gasteiger partial charge in [-0.25, -0.2) is 0 Å². The van der Waals surface area contributed by atoms with Crippen LogP contribution in [0, 0.1) is 0 Å². The van der Waals surface area contributed by atoms with Crippen LogP contribution in [0.2, 0.25) is 0 Å². The largest absolute Gasteiger partial charge is 0.376 e. The normalized spacial score (nSPS) is 21.0. The molecular formula is C42H60N6OS2. The molecule has 2 aromatic carbocycles. The zero-order valence-electron chi connectivity index (χ0n) is 32.4. The van der Waals surface area contributed by atoms with E-state index in [9.17, 15) is 4.79 Å². The molecule has 2 aromatic rings. The molecule has 0 saturated carbocycles. The summed E-state index contributed by atoms with van der Waals surface area (Å²) in [6.45, 7) is 27.5. The van der Waals surface area contributed by atoms with Gasteiger partial charge in [-0.2, -0.15) is 0 Å². The molecular weight excluding hydrogens is 669 g/mol. The molecule has 6 rings (SSSR count). The number of nitrogens with zero attached hydrogens (tertiary/aromatic N) is 5. The third-order valence-corrected chi connectivity index (χ3v) is 13.0. The first kappa shape index (κ1) is 38.8. The first-order chi connectivity index (χ1) is 24.7. The van der Waals surface area contributed by atoms with Crippen LogP contribution >= 0.6 is 23.5 Å². The number of nitrogens with one attached hydrogen (secondary N) is 1. The summed E-state index contributed by atoms with van der Waals surface area (Å²) in [4.78, 5) is 26.6. The van der Waals surface area contributed by atoms with Crippen LogP contribution in [0.4, 0.5) is 22.7 Å². The smallest absolute Gasteiger partial charge is 0.224 e. The first-order valence-electron chi connectivity index (χ1n) is 19.2. The number of rotatable bonds is 12. The van der Waals surface area contributed by atoms with Crippen LogP contribution in [-0.4, -0.2) is 90.6 Å². The number of amides is 1. The summed E-state index contributed by atoms with van der Waals surface area (Å²) in [5, 5.41) is 4.41. The van der Waals surface area contributed by atoms with Gasteiger partial charge in [0, 0.05) is 97.5 Å². The number of allylic oxidation sites excluding steroid dienone is 2. The minimum absolute atomic E-state index is 0.0821. The highest BCUT2D eigenvalue weighted by Gasteiger charge is 2.37. The molecule has 0 saturated heterocycles. The van der Waals surface area contributed by atoms with E-state index in [0.29, 0.717) is 11.3 Å². The molecule has 0 bridgehead atoms. The monoisotopic (exact) mass is 728 g/mol. The molecule has 9 heteroatoms. The van der Waals surface area contributed by atoms with Gasteiger partial charge in [-0.3, -0.25) is 4.79 Å². The van der Waals surface area contributed by atoms with E-state index in [1.165, 1.54) is 38.2 Å². The predicted molar refractivity (Wildman–Crippen MR) is 224 cm³/mol. The fraction of sp³-hybridized carbons (Fsp3) is 0.500. The summed E-state index contributed by atoms with van der Waals surface area (Å²) >= 11 is 3.87. The second-order valence-electron chi connectivity index (χ2n) is 13.1. The lowest BCUT2D eigenvalue weighted by Crippen LogP contribution is -2.47. The number of fused-ring (bicyclic) bond motifs is 4. The molecule has 2 aliphatic carbocycles. The first-order valence-corrected chi connectivity index (χ1v) is 21.0. The van der Waals surface area contributed by atoms with E-state index in [1.807, 2.05) is 28.4 Å². The molecule has 7 nitrogen and oxygen atoms in total. The van der Waals surface area contributed by atoms with Crippen LogP contribution in [0.3, 0.4) is 0 Å². The SMILES string of the molecule is CCN(CC)C1=CC2Sc3cc(N(CC)CC)ccc3N(C(C)=O)C2C=C1.CCN(CC)C1=CC2Sc3cc(N(CC)CC)ccc3NC2C=C1. The van der Waals surface area contributed by atoms with Gasteiger partial charge < -0.3 is 29.8 Å². The summed E-state index contributed by atoms with van der Waals surface area (Å²) in [5.41, 5.74) is 7.48. The van der Waals surface area contributed by atoms with E-state index in [-0.39, 0.29) is 17.2 Å². The van der Waals surface area contributed by atoms with Crippen molar-refractivity contribution in [1.29, 1.82) is 0 Å². The maximum absolute atomic E-state index is 12.5. The Hall–Kier alpha value is -3.43. The number of carbonyl (C=O) groups is 1. The Balaban J connectivity index is 0.000000199. The summed E-state index contributed by atoms with van der Waals surface area (Å²) in [5.74, 6) is 0.103. The van der Waals surface area contributed by atoms with Crippen molar-refractivity contribution in [3.05, 3.63) is 84.2 Å². The summed E-state index contributed by atoms with van der Waals surface area (Å²) in [6.07, 6.45) is 13.8. The molecule has 276 valence electrons. The average Bonchev–Trinajstić information content (AvgIpc) is 3.15. The highest BCUT2D eigenvalue weighted by molar-refractivity contribution is 8.00. The molecule has 0 radical (unpaired) electrons. The predicted octanol–water partition coefficient (Wildman–Crippen LogP) is 9.11. The number of carbonyl (C=O) groups excluding carboxylic acids is 1. The molecule has 1 N–H and O–H groups in total. The Morgan fingerprint density at radius 2 is 1.14 bits per heavy atom. The zero-order valence-corrected chi connectivity index (χ0v) is 34.0. The standard InChI is InChI=1S/C22H31N3OS.C20H29N3S/c1-6-23(7-2)17-10-12-19-21(14-17)27-22-15-18(24(8-3)9-4)11-13-20(22)25(19)16(5)26;1-5-22(6-2)15-9-11-17-19(13-15)24-20-14-16(23(7-3)8-4)10-12-18(20)21-17/h10-15,19,21H,6-9H2,1-5H3;9-14,17,19,21H,5-8H2,1-4H3. The minimum atomic E-state index is 0.0821. The molecule has 0 spiro atoms. The molecule has 4 atom stereocenters. The molecule has 51 heavy (non-hydrogen) atoms. The van der Waals surface area contributed by atoms with Crippen molar-refractivity contribution in [3.8, 4) is 0 Å². The maximum Gasteiger partial charge on any atom is 0.224 e. The number of anilines is 4. The Labute approximate surface area is 316 Å². The van der Waals surface area contributed by atoms with Crippen LogP contribution < -0.4 is 20.0 Å². The van der Waals surface area contributed by atoms with Gasteiger partial charge in [0.15, 0.2) is 0 Å². The number of likely N-dealkylation sites (N-methyl/N-ethyl adjacent to an activating group) is 2. The van der Waals surface area contributed by atoms with Crippen molar-refractivity contribution >= 4 is 52.2 Å². The molecule has 1 amide bonds. The Morgan fingerprint density at radius 1 is 0.647 bits per heavy atom. The number of benzene rings is 2. The van der Waals surface area contributed by atoms with Gasteiger partial charge in [-0.15, -0.1) is 23.5 Å². The van der Waals surface area contributed by atoms with Crippen molar-refractivity contribution < 1.29 is 4.79 Å². The third-order valence-electron chi connectivity index (χ3n) is 10.5. The Kier molecular flexibility index (Phi) is 13.6. The lowest BCUT2D eigenvalue weighted by atomic mass is 10.0. The fourth-order valence-corrected chi connectivity index (χ4v) is 10.1. The van der Waals surface area contributed by atoms with Crippen LogP contribution in [-0.2, 0) is 4.79 Å². The van der Waals surface area contributed by atoms with Crippen LogP contribution in [0.1, 0.15) is 62.3 Å². The molecule has 2 heterocycles. The van der Waals surface area contributed by atoms with E-state index in [0.717, 1.165) is 58.0 Å². The van der Waals surface area contributed by atoms with E-state index < -0.39 is 0 Å². The summed E-state index contributed by atoms with van der Waals surface area (Å²) < 4.78 is 0. The van der Waals surface area contributed by atoms with Crippen molar-refractivity contribution in [2.75, 3.05) is 72.4 Å². The topological polar surface area (TPSA) is 45.3 Å². The Morgan fingerprint density at radius 3 is 1.69 bits per heavy atom. The van der Waals surface area contributed by atoms with E-state index >= 15 is 0 Å². The van der Waals surface area contributed by atoms with Crippen molar-refractivity contribution in [3.63, 3.8) is 0 Å². The highest BCUT2D eigenvalue weighted by atomic mass is 32.2. The van der Waals surface area contributed by atoms with Gasteiger partial charge >= 0.3 is 0 Å². The Bertz CT molecular complexity index is 1620. The third kappa shape index (κ3) is 8.46. The summed E-state index contributed by atoms with van der Waals surface area (Å²) in [7, 11) is 0. The molecule has 0 aromatic heterocycles. The fourth-order valence-electron chi connectivity index (χ4n) is 7.55. The van der Waals surface area contributed by atoms with Gasteiger partial charge in [0.25, 0.3) is 0 Å².